The highest BCUT2D eigenvalue weighted by Crippen LogP contribution is 2.59. The van der Waals surface area contributed by atoms with Gasteiger partial charge in [-0.2, -0.15) is 0 Å². The average Bonchev–Trinajstić information content (AvgIpc) is 3.95. The maximum Gasteiger partial charge on any atom is 0.179 e. The summed E-state index contributed by atoms with van der Waals surface area (Å²) in [5.74, 6) is 0. The van der Waals surface area contributed by atoms with Crippen molar-refractivity contribution in [3.05, 3.63) is 295 Å². The van der Waals surface area contributed by atoms with Crippen LogP contribution in [0, 0.1) is 0 Å². The third kappa shape index (κ3) is 5.96. The number of furan rings is 1. The molecule has 0 radical (unpaired) electrons. The topological polar surface area (TPSA) is 16.4 Å². The summed E-state index contributed by atoms with van der Waals surface area (Å²) < 4.78 is 6.92. The third-order valence-electron chi connectivity index (χ3n) is 14.5. The lowest BCUT2D eigenvalue weighted by atomic mass is 9.68. The second-order valence-corrected chi connectivity index (χ2v) is 21.7. The molecule has 0 unspecified atom stereocenters. The van der Waals surface area contributed by atoms with Gasteiger partial charge in [0.2, 0.25) is 0 Å². The molecule has 3 heteroatoms. The number of hydrogen-bond acceptors (Lipinski definition) is 2. The number of benzene rings is 11. The number of anilines is 3. The molecule has 1 aliphatic carbocycles. The van der Waals surface area contributed by atoms with E-state index in [1.165, 1.54) is 59.5 Å². The van der Waals surface area contributed by atoms with Gasteiger partial charge >= 0.3 is 0 Å². The van der Waals surface area contributed by atoms with E-state index in [-0.39, 0.29) is 0 Å². The number of fused-ring (bicyclic) bond motifs is 8. The molecular weight excluding hydrogens is 839 g/mol. The Balaban J connectivity index is 1.08. The minimum atomic E-state index is -2.79. The highest BCUT2D eigenvalue weighted by molar-refractivity contribution is 7.19. The number of hydrogen-bond donors (Lipinski definition) is 0. The van der Waals surface area contributed by atoms with Crippen molar-refractivity contribution in [3.8, 4) is 11.1 Å². The standard InChI is InChI=1S/C65H45NOSi/c1-6-22-47(23-7-1)65(48-24-8-2-9-25-48)59-34-19-18-33-58(59)63-60(65)35-20-36-61(63)66(50-40-44-56-57-43-37-46-21-16-17-32-55(46)64(57)67-62(56)45-50)49-38-41-54(42-39-49)68(51-26-10-3-11-27-51,52-28-12-4-13-29-52)53-30-14-5-15-31-53/h1-45H. The van der Waals surface area contributed by atoms with Crippen LogP contribution in [0.3, 0.4) is 0 Å². The maximum atomic E-state index is 6.92. The minimum absolute atomic E-state index is 0.546. The molecule has 1 aliphatic rings. The predicted octanol–water partition coefficient (Wildman–Crippen LogP) is 13.9. The molecule has 1 heterocycles. The van der Waals surface area contributed by atoms with Crippen molar-refractivity contribution < 1.29 is 4.42 Å². The smallest absolute Gasteiger partial charge is 0.179 e. The van der Waals surface area contributed by atoms with E-state index >= 15 is 0 Å². The molecule has 0 fully saturated rings. The van der Waals surface area contributed by atoms with Crippen molar-refractivity contribution in [3.63, 3.8) is 0 Å². The zero-order valence-corrected chi connectivity index (χ0v) is 38.3. The largest absolute Gasteiger partial charge is 0.455 e. The van der Waals surface area contributed by atoms with Crippen LogP contribution < -0.4 is 25.6 Å². The molecule has 0 amide bonds. The maximum absolute atomic E-state index is 6.92. The van der Waals surface area contributed by atoms with Gasteiger partial charge in [0.1, 0.15) is 11.2 Å². The fourth-order valence-corrected chi connectivity index (χ4v) is 16.4. The first-order valence-electron chi connectivity index (χ1n) is 23.5. The molecule has 0 saturated heterocycles. The molecule has 0 spiro atoms. The highest BCUT2D eigenvalue weighted by Gasteiger charge is 2.47. The fourth-order valence-electron chi connectivity index (χ4n) is 11.6. The van der Waals surface area contributed by atoms with Gasteiger partial charge in [-0.25, -0.2) is 0 Å². The molecule has 11 aromatic carbocycles. The van der Waals surface area contributed by atoms with Gasteiger partial charge in [0.05, 0.1) is 11.1 Å². The van der Waals surface area contributed by atoms with Crippen molar-refractivity contribution >= 4 is 78.6 Å². The van der Waals surface area contributed by atoms with Crippen molar-refractivity contribution in [1.29, 1.82) is 0 Å². The quantitative estimate of drug-likeness (QED) is 0.106. The van der Waals surface area contributed by atoms with Crippen molar-refractivity contribution in [2.24, 2.45) is 0 Å². The van der Waals surface area contributed by atoms with Crippen molar-refractivity contribution in [1.82, 2.24) is 0 Å². The predicted molar refractivity (Wildman–Crippen MR) is 287 cm³/mol. The molecule has 0 aliphatic heterocycles. The summed E-state index contributed by atoms with van der Waals surface area (Å²) in [6.07, 6.45) is 0. The van der Waals surface area contributed by atoms with E-state index < -0.39 is 13.5 Å². The Kier molecular flexibility index (Phi) is 9.45. The van der Waals surface area contributed by atoms with E-state index in [4.69, 9.17) is 4.42 Å². The molecule has 320 valence electrons. The van der Waals surface area contributed by atoms with Crippen LogP contribution in [0.2, 0.25) is 0 Å². The van der Waals surface area contributed by atoms with E-state index in [1.54, 1.807) is 0 Å². The molecule has 68 heavy (non-hydrogen) atoms. The van der Waals surface area contributed by atoms with E-state index in [0.29, 0.717) is 0 Å². The van der Waals surface area contributed by atoms with Crippen molar-refractivity contribution in [2.75, 3.05) is 4.90 Å². The summed E-state index contributed by atoms with van der Waals surface area (Å²) in [6, 6.07) is 101. The molecule has 0 atom stereocenters. The van der Waals surface area contributed by atoms with Crippen LogP contribution in [0.1, 0.15) is 22.3 Å². The second-order valence-electron chi connectivity index (χ2n) is 17.9. The minimum Gasteiger partial charge on any atom is -0.455 e. The zero-order chi connectivity index (χ0) is 45.1. The lowest BCUT2D eigenvalue weighted by Gasteiger charge is -2.35. The molecule has 0 bridgehead atoms. The summed E-state index contributed by atoms with van der Waals surface area (Å²) in [6.45, 7) is 0. The number of rotatable bonds is 9. The van der Waals surface area contributed by atoms with Gasteiger partial charge in [-0.05, 0) is 90.3 Å². The molecule has 12 aromatic rings. The normalized spacial score (nSPS) is 12.8. The molecule has 0 N–H and O–H groups in total. The SMILES string of the molecule is c1ccc(C2(c3ccccc3)c3ccccc3-c3c(N(c4ccc([Si](c5ccccc5)(c5ccccc5)c5ccccc5)cc4)c4ccc5c(c4)oc4c6ccccc6ccc54)cccc32)cc1. The first kappa shape index (κ1) is 39.8. The summed E-state index contributed by atoms with van der Waals surface area (Å²) in [7, 11) is -2.79. The Bertz CT molecular complexity index is 3640. The molecule has 0 saturated carbocycles. The van der Waals surface area contributed by atoms with Crippen LogP contribution in [0.4, 0.5) is 17.1 Å². The lowest BCUT2D eigenvalue weighted by molar-refractivity contribution is 0.672. The van der Waals surface area contributed by atoms with Crippen LogP contribution in [-0.2, 0) is 5.41 Å². The van der Waals surface area contributed by atoms with Crippen molar-refractivity contribution in [2.45, 2.75) is 5.41 Å². The summed E-state index contributed by atoms with van der Waals surface area (Å²) >= 11 is 0. The Hall–Kier alpha value is -8.50. The van der Waals surface area contributed by atoms with E-state index in [0.717, 1.165) is 44.4 Å². The second kappa shape index (κ2) is 16.1. The van der Waals surface area contributed by atoms with Gasteiger partial charge in [-0.15, -0.1) is 0 Å². The zero-order valence-electron chi connectivity index (χ0n) is 37.3. The Morgan fingerprint density at radius 3 is 1.49 bits per heavy atom. The molecule has 2 nitrogen and oxygen atoms in total. The Morgan fingerprint density at radius 1 is 0.353 bits per heavy atom. The van der Waals surface area contributed by atoms with Gasteiger partial charge in [0.25, 0.3) is 0 Å². The lowest BCUT2D eigenvalue weighted by Crippen LogP contribution is -2.74. The van der Waals surface area contributed by atoms with Gasteiger partial charge in [0.15, 0.2) is 8.07 Å². The van der Waals surface area contributed by atoms with Crippen LogP contribution >= 0.6 is 0 Å². The van der Waals surface area contributed by atoms with Gasteiger partial charge < -0.3 is 9.32 Å². The van der Waals surface area contributed by atoms with Gasteiger partial charge in [-0.1, -0.05) is 231 Å². The summed E-state index contributed by atoms with van der Waals surface area (Å²) in [4.78, 5) is 2.47. The number of nitrogens with zero attached hydrogens (tertiary/aromatic N) is 1. The fraction of sp³-hybridized carbons (Fsp3) is 0.0154. The van der Waals surface area contributed by atoms with Gasteiger partial charge in [0, 0.05) is 39.2 Å². The first-order chi connectivity index (χ1) is 33.7. The Morgan fingerprint density at radius 2 is 0.853 bits per heavy atom. The highest BCUT2D eigenvalue weighted by atomic mass is 28.3. The average molecular weight is 884 g/mol. The van der Waals surface area contributed by atoms with E-state index in [9.17, 15) is 0 Å². The van der Waals surface area contributed by atoms with Crippen LogP contribution in [0.15, 0.2) is 277 Å². The summed E-state index contributed by atoms with van der Waals surface area (Å²) in [5.41, 5.74) is 11.9. The van der Waals surface area contributed by atoms with Crippen LogP contribution in [0.25, 0.3) is 43.8 Å². The molecular formula is C65H45NOSi. The van der Waals surface area contributed by atoms with E-state index in [1.807, 2.05) is 0 Å². The monoisotopic (exact) mass is 883 g/mol. The first-order valence-corrected chi connectivity index (χ1v) is 25.5. The third-order valence-corrected chi connectivity index (χ3v) is 19.3. The van der Waals surface area contributed by atoms with Crippen LogP contribution in [0.5, 0.6) is 0 Å². The summed E-state index contributed by atoms with van der Waals surface area (Å²) in [5, 5.41) is 9.87. The van der Waals surface area contributed by atoms with Gasteiger partial charge in [-0.3, -0.25) is 0 Å². The molecule has 1 aromatic heterocycles. The Labute approximate surface area is 397 Å². The van der Waals surface area contributed by atoms with Crippen LogP contribution in [-0.4, -0.2) is 8.07 Å². The van der Waals surface area contributed by atoms with E-state index in [2.05, 4.69) is 278 Å². The molecule has 13 rings (SSSR count).